The summed E-state index contributed by atoms with van der Waals surface area (Å²) in [4.78, 5) is 36.5. The summed E-state index contributed by atoms with van der Waals surface area (Å²) in [6.45, 7) is 1.20. The summed E-state index contributed by atoms with van der Waals surface area (Å²) in [5.41, 5.74) is 3.13. The van der Waals surface area contributed by atoms with Crippen LogP contribution in [0.2, 0.25) is 0 Å². The number of carbonyl (C=O) groups is 2. The predicted octanol–water partition coefficient (Wildman–Crippen LogP) is 4.56. The molecule has 2 aromatic carbocycles. The molecule has 2 fully saturated rings. The highest BCUT2D eigenvalue weighted by Gasteiger charge is 2.32. The Labute approximate surface area is 247 Å². The van der Waals surface area contributed by atoms with Gasteiger partial charge in [0.2, 0.25) is 6.17 Å². The van der Waals surface area contributed by atoms with Gasteiger partial charge >= 0.3 is 0 Å². The smallest absolute Gasteiger partial charge is 0.269 e. The van der Waals surface area contributed by atoms with E-state index in [-0.39, 0.29) is 17.3 Å². The molecule has 1 saturated heterocycles. The summed E-state index contributed by atoms with van der Waals surface area (Å²) < 4.78 is 22.3. The Morgan fingerprint density at radius 2 is 1.77 bits per heavy atom. The predicted molar refractivity (Wildman–Crippen MR) is 160 cm³/mol. The largest absolute Gasteiger partial charge is 0.381 e. The van der Waals surface area contributed by atoms with Crippen molar-refractivity contribution in [3.63, 3.8) is 0 Å². The number of para-hydroxylation sites is 1. The first-order valence-electron chi connectivity index (χ1n) is 14.5. The van der Waals surface area contributed by atoms with Crippen molar-refractivity contribution in [1.82, 2.24) is 20.1 Å². The number of fused-ring (bicyclic) bond motifs is 1. The third-order valence-corrected chi connectivity index (χ3v) is 7.88. The van der Waals surface area contributed by atoms with Crippen molar-refractivity contribution in [1.29, 1.82) is 0 Å². The van der Waals surface area contributed by atoms with Crippen LogP contribution in [0.4, 0.5) is 15.9 Å². The SMILES string of the molecule is O=C(N[C@H]1N=C(c2ccccc2)c2cccc(F)c2NC1=O)c1cnn(C2CCOCC2)c1-c1ccc(NC2CC2)nc1. The van der Waals surface area contributed by atoms with Crippen molar-refractivity contribution >= 4 is 29.0 Å². The highest BCUT2D eigenvalue weighted by molar-refractivity contribution is 6.20. The lowest BCUT2D eigenvalue weighted by Crippen LogP contribution is -2.42. The van der Waals surface area contributed by atoms with Gasteiger partial charge in [-0.3, -0.25) is 14.3 Å². The summed E-state index contributed by atoms with van der Waals surface area (Å²) in [5, 5.41) is 13.4. The molecule has 4 heterocycles. The van der Waals surface area contributed by atoms with E-state index in [1.165, 1.54) is 12.3 Å². The van der Waals surface area contributed by atoms with E-state index in [0.717, 1.165) is 37.1 Å². The zero-order valence-corrected chi connectivity index (χ0v) is 23.3. The summed E-state index contributed by atoms with van der Waals surface area (Å²) in [7, 11) is 0. The number of amides is 2. The topological polar surface area (TPSA) is 123 Å². The molecule has 0 spiro atoms. The molecule has 43 heavy (non-hydrogen) atoms. The minimum atomic E-state index is -1.32. The number of aromatic nitrogens is 3. The van der Waals surface area contributed by atoms with Crippen molar-refractivity contribution in [2.45, 2.75) is 43.9 Å². The van der Waals surface area contributed by atoms with Gasteiger partial charge in [0.15, 0.2) is 0 Å². The van der Waals surface area contributed by atoms with Crippen molar-refractivity contribution in [3.8, 4) is 11.3 Å². The molecule has 1 atom stereocenters. The van der Waals surface area contributed by atoms with Gasteiger partial charge in [-0.2, -0.15) is 5.10 Å². The minimum Gasteiger partial charge on any atom is -0.381 e. The van der Waals surface area contributed by atoms with Crippen molar-refractivity contribution in [3.05, 3.63) is 95.6 Å². The highest BCUT2D eigenvalue weighted by Crippen LogP contribution is 2.32. The van der Waals surface area contributed by atoms with Crippen LogP contribution in [-0.2, 0) is 9.53 Å². The van der Waals surface area contributed by atoms with Gasteiger partial charge in [-0.1, -0.05) is 42.5 Å². The number of benzene rings is 2. The quantitative estimate of drug-likeness (QED) is 0.295. The third kappa shape index (κ3) is 5.51. The van der Waals surface area contributed by atoms with Crippen molar-refractivity contribution in [2.75, 3.05) is 23.8 Å². The number of carbonyl (C=O) groups excluding carboxylic acids is 2. The first-order valence-corrected chi connectivity index (χ1v) is 14.5. The second-order valence-electron chi connectivity index (χ2n) is 10.9. The number of nitrogens with one attached hydrogen (secondary N) is 3. The van der Waals surface area contributed by atoms with E-state index in [1.807, 2.05) is 47.1 Å². The van der Waals surface area contributed by atoms with Gasteiger partial charge in [-0.15, -0.1) is 0 Å². The summed E-state index contributed by atoms with van der Waals surface area (Å²) >= 11 is 0. The lowest BCUT2D eigenvalue weighted by molar-refractivity contribution is -0.117. The fraction of sp³-hybridized carbons (Fsp3) is 0.281. The van der Waals surface area contributed by atoms with Crippen LogP contribution in [0.3, 0.4) is 0 Å². The van der Waals surface area contributed by atoms with Gasteiger partial charge in [-0.25, -0.2) is 14.4 Å². The first-order chi connectivity index (χ1) is 21.0. The molecule has 7 rings (SSSR count). The zero-order valence-electron chi connectivity index (χ0n) is 23.3. The molecule has 1 saturated carbocycles. The summed E-state index contributed by atoms with van der Waals surface area (Å²) in [6.07, 6.45) is 5.70. The maximum atomic E-state index is 14.9. The standard InChI is InChI=1S/C32H30FN7O3/c33-25-8-4-7-23-27(19-5-2-1-3-6-19)37-30(32(42)38-28(23)25)39-31(41)24-18-35-40(22-13-15-43-16-14-22)29(24)20-9-12-26(34-17-20)36-21-10-11-21/h1-9,12,17-18,21-22,30H,10-11,13-16H2,(H,34,36)(H,38,42)(H,39,41)/t30-/m1/s1. The average Bonchev–Trinajstić information content (AvgIpc) is 3.77. The molecule has 3 N–H and O–H groups in total. The van der Waals surface area contributed by atoms with E-state index in [9.17, 15) is 14.0 Å². The highest BCUT2D eigenvalue weighted by atomic mass is 19.1. The number of benzodiazepines with no additional fused rings is 1. The minimum absolute atomic E-state index is 0.0193. The molecular formula is C32H30FN7O3. The van der Waals surface area contributed by atoms with Gasteiger partial charge in [-0.05, 0) is 43.9 Å². The fourth-order valence-corrected chi connectivity index (χ4v) is 5.50. The van der Waals surface area contributed by atoms with E-state index >= 15 is 0 Å². The molecule has 1 aliphatic carbocycles. The number of ether oxygens (including phenoxy) is 1. The van der Waals surface area contributed by atoms with Crippen LogP contribution < -0.4 is 16.0 Å². The molecule has 2 aliphatic heterocycles. The first kappa shape index (κ1) is 27.0. The van der Waals surface area contributed by atoms with Crippen LogP contribution in [0.5, 0.6) is 0 Å². The van der Waals surface area contributed by atoms with Gasteiger partial charge in [0.25, 0.3) is 11.8 Å². The number of halogens is 1. The van der Waals surface area contributed by atoms with Gasteiger partial charge in [0.1, 0.15) is 11.6 Å². The summed E-state index contributed by atoms with van der Waals surface area (Å²) in [6, 6.07) is 18.0. The Kier molecular flexibility index (Phi) is 7.15. The van der Waals surface area contributed by atoms with Crippen molar-refractivity contribution < 1.29 is 18.7 Å². The van der Waals surface area contributed by atoms with Gasteiger partial charge in [0, 0.05) is 42.1 Å². The van der Waals surface area contributed by atoms with Crippen LogP contribution in [0.1, 0.15) is 53.2 Å². The molecule has 10 nitrogen and oxygen atoms in total. The molecule has 2 amide bonds. The number of hydrogen-bond acceptors (Lipinski definition) is 7. The van der Waals surface area contributed by atoms with Crippen LogP contribution in [0, 0.1) is 5.82 Å². The molecule has 218 valence electrons. The van der Waals surface area contributed by atoms with Crippen LogP contribution in [-0.4, -0.2) is 57.7 Å². The lowest BCUT2D eigenvalue weighted by Gasteiger charge is -2.24. The average molecular weight is 580 g/mol. The molecule has 4 aromatic rings. The number of nitrogens with zero attached hydrogens (tertiary/aromatic N) is 4. The van der Waals surface area contributed by atoms with Crippen LogP contribution >= 0.6 is 0 Å². The number of hydrogen-bond donors (Lipinski definition) is 3. The molecular weight excluding hydrogens is 549 g/mol. The number of rotatable bonds is 7. The number of anilines is 2. The van der Waals surface area contributed by atoms with E-state index in [2.05, 4.69) is 31.0 Å². The monoisotopic (exact) mass is 579 g/mol. The Morgan fingerprint density at radius 1 is 0.953 bits per heavy atom. The van der Waals surface area contributed by atoms with Crippen molar-refractivity contribution in [2.24, 2.45) is 4.99 Å². The Bertz CT molecular complexity index is 1690. The van der Waals surface area contributed by atoms with Crippen LogP contribution in [0.25, 0.3) is 11.3 Å². The van der Waals surface area contributed by atoms with E-state index < -0.39 is 23.8 Å². The molecule has 11 heteroatoms. The van der Waals surface area contributed by atoms with E-state index in [1.54, 1.807) is 18.3 Å². The second kappa shape index (κ2) is 11.4. The maximum Gasteiger partial charge on any atom is 0.269 e. The normalized spacial score (nSPS) is 18.7. The molecule has 0 bridgehead atoms. The maximum absolute atomic E-state index is 14.9. The number of pyridine rings is 1. The second-order valence-corrected chi connectivity index (χ2v) is 10.9. The van der Waals surface area contributed by atoms with Gasteiger partial charge < -0.3 is 20.7 Å². The Balaban J connectivity index is 1.24. The van der Waals surface area contributed by atoms with E-state index in [4.69, 9.17) is 4.74 Å². The molecule has 2 aromatic heterocycles. The van der Waals surface area contributed by atoms with Crippen LogP contribution in [0.15, 0.2) is 78.0 Å². The zero-order chi connectivity index (χ0) is 29.3. The number of aliphatic imine (C=N–C) groups is 1. The lowest BCUT2D eigenvalue weighted by atomic mass is 10.0. The molecule has 0 unspecified atom stereocenters. The molecule has 0 radical (unpaired) electrons. The Morgan fingerprint density at radius 3 is 2.51 bits per heavy atom. The summed E-state index contributed by atoms with van der Waals surface area (Å²) in [5.74, 6) is -0.995. The van der Waals surface area contributed by atoms with Gasteiger partial charge in [0.05, 0.1) is 34.9 Å². The Hall–Kier alpha value is -4.90. The fourth-order valence-electron chi connectivity index (χ4n) is 5.50. The van der Waals surface area contributed by atoms with E-state index in [0.29, 0.717) is 41.8 Å². The molecule has 3 aliphatic rings. The third-order valence-electron chi connectivity index (χ3n) is 7.88.